The van der Waals surface area contributed by atoms with Crippen molar-refractivity contribution in [3.63, 3.8) is 0 Å². The number of rotatable bonds is 25. The number of ketones is 1. The molecule has 83 heavy (non-hydrogen) atoms. The van der Waals surface area contributed by atoms with Crippen LogP contribution in [0.2, 0.25) is 0 Å². The Morgan fingerprint density at radius 3 is 1.99 bits per heavy atom. The Labute approximate surface area is 453 Å². The van der Waals surface area contributed by atoms with Gasteiger partial charge in [0.05, 0.1) is 32.3 Å². The number of methoxy groups -OCH3 is 1. The largest absolute Gasteiger partial charge is 0.465 e. The van der Waals surface area contributed by atoms with Crippen LogP contribution < -0.4 is 16.7 Å². The van der Waals surface area contributed by atoms with Crippen LogP contribution in [0.25, 0.3) is 33.4 Å². The summed E-state index contributed by atoms with van der Waals surface area (Å²) in [7, 11) is 1.09. The van der Waals surface area contributed by atoms with Gasteiger partial charge in [0.15, 0.2) is 11.7 Å². The molecular formula is C50H43F17N2O14. The third kappa shape index (κ3) is 12.5. The number of aryl methyl sites for hydroxylation is 1. The van der Waals surface area contributed by atoms with E-state index in [1.54, 1.807) is 25.1 Å². The van der Waals surface area contributed by atoms with E-state index < -0.39 is 166 Å². The molecule has 3 N–H and O–H groups in total. The van der Waals surface area contributed by atoms with E-state index in [1.165, 1.54) is 36.4 Å². The normalized spacial score (nSPS) is 18.2. The third-order valence-corrected chi connectivity index (χ3v) is 12.9. The van der Waals surface area contributed by atoms with Crippen LogP contribution in [0.1, 0.15) is 53.4 Å². The summed E-state index contributed by atoms with van der Waals surface area (Å²) in [6, 6.07) is 14.3. The zero-order chi connectivity index (χ0) is 62.2. The van der Waals surface area contributed by atoms with Crippen molar-refractivity contribution in [2.24, 2.45) is 0 Å². The Bertz CT molecular complexity index is 3350. The van der Waals surface area contributed by atoms with Gasteiger partial charge in [-0.2, -0.15) is 74.6 Å². The number of alkyl halides is 17. The molecule has 3 heterocycles. The Kier molecular flexibility index (Phi) is 18.8. The van der Waals surface area contributed by atoms with E-state index in [9.17, 15) is 114 Å². The van der Waals surface area contributed by atoms with Crippen LogP contribution in [0.4, 0.5) is 74.6 Å². The maximum absolute atomic E-state index is 14.8. The number of carbonyl (C=O) groups excluding carboxylic acids is 3. The summed E-state index contributed by atoms with van der Waals surface area (Å²) >= 11 is 0. The summed E-state index contributed by atoms with van der Waals surface area (Å²) < 4.78 is 268. The van der Waals surface area contributed by atoms with Crippen LogP contribution >= 0.6 is 0 Å². The number of aliphatic hydroxyl groups is 2. The van der Waals surface area contributed by atoms with Crippen LogP contribution in [0, 0.1) is 6.92 Å². The first-order valence-electron chi connectivity index (χ1n) is 23.9. The number of carbonyl (C=O) groups is 3. The first-order valence-corrected chi connectivity index (χ1v) is 23.9. The summed E-state index contributed by atoms with van der Waals surface area (Å²) in [4.78, 5) is 77.9. The molecule has 0 radical (unpaired) electrons. The molecule has 16 nitrogen and oxygen atoms in total. The molecule has 1 aromatic heterocycles. The molecule has 456 valence electrons. The van der Waals surface area contributed by atoms with Gasteiger partial charge in [0.1, 0.15) is 48.1 Å². The fourth-order valence-electron chi connectivity index (χ4n) is 8.44. The zero-order valence-corrected chi connectivity index (χ0v) is 42.3. The lowest BCUT2D eigenvalue weighted by molar-refractivity contribution is -0.461. The first kappa shape index (κ1) is 65.2. The highest BCUT2D eigenvalue weighted by Gasteiger charge is 2.95. The number of ether oxygens (including phenoxy) is 5. The maximum atomic E-state index is 14.8. The minimum absolute atomic E-state index is 0.0476. The zero-order valence-electron chi connectivity index (χ0n) is 42.3. The lowest BCUT2D eigenvalue weighted by Crippen LogP contribution is -2.74. The standard InChI is InChI=1S/C50H43F17N2O14/c1-23-4-8-29-32(16-23)82-33-19-26(72)6-10-30(33)37(29)28-9-5-24(18-31(28)41(76)78-2)17-25(71)7-11-36(74)80-21-27(22-81-39-38(75)34(20-70)83-40(39)69-14-12-35(73)68-42(69)77)79-15-3-13-43(51,52)44(53,54)45(55,56)46(57,58)47(59,60)48(61,62)49(63,64)50(65,66)67/h4-6,8-10,12,14,16,18-19,27,34,38-40,70,75H,3,7,11,13,15,17,20-22H2,1-2H3,(H,68,73,77). The van der Waals surface area contributed by atoms with E-state index in [0.717, 1.165) is 24.9 Å². The number of esters is 2. The Morgan fingerprint density at radius 2 is 1.37 bits per heavy atom. The lowest BCUT2D eigenvalue weighted by Gasteiger charge is -2.42. The molecule has 1 aliphatic carbocycles. The molecule has 1 saturated heterocycles. The van der Waals surface area contributed by atoms with Crippen molar-refractivity contribution in [3.8, 4) is 22.5 Å². The number of nitrogens with zero attached hydrogens (tertiary/aromatic N) is 1. The predicted molar refractivity (Wildman–Crippen MR) is 247 cm³/mol. The van der Waals surface area contributed by atoms with E-state index >= 15 is 0 Å². The highest BCUT2D eigenvalue weighted by atomic mass is 19.4. The first-order chi connectivity index (χ1) is 38.3. The van der Waals surface area contributed by atoms with Crippen molar-refractivity contribution in [1.82, 2.24) is 9.55 Å². The summed E-state index contributed by atoms with van der Waals surface area (Å²) in [6.45, 7) is -2.90. The van der Waals surface area contributed by atoms with Gasteiger partial charge in [-0.1, -0.05) is 24.3 Å². The highest BCUT2D eigenvalue weighted by molar-refractivity contribution is 6.08. The topological polar surface area (TPSA) is 223 Å². The van der Waals surface area contributed by atoms with E-state index in [1.807, 2.05) is 4.98 Å². The van der Waals surface area contributed by atoms with Gasteiger partial charge in [-0.3, -0.25) is 28.7 Å². The molecule has 0 amide bonds. The van der Waals surface area contributed by atoms with Crippen LogP contribution in [-0.2, 0) is 39.7 Å². The maximum Gasteiger partial charge on any atom is 0.460 e. The number of aromatic amines is 1. The Morgan fingerprint density at radius 1 is 0.747 bits per heavy atom. The van der Waals surface area contributed by atoms with Crippen molar-refractivity contribution >= 4 is 28.7 Å². The van der Waals surface area contributed by atoms with Gasteiger partial charge < -0.3 is 38.3 Å². The van der Waals surface area contributed by atoms with E-state index in [-0.39, 0.29) is 22.3 Å². The van der Waals surface area contributed by atoms with Gasteiger partial charge in [0.25, 0.3) is 5.56 Å². The molecule has 2 aromatic carbocycles. The van der Waals surface area contributed by atoms with E-state index in [0.29, 0.717) is 32.2 Å². The molecular weight excluding hydrogens is 1180 g/mol. The number of hydrogen-bond donors (Lipinski definition) is 3. The molecule has 0 saturated carbocycles. The second-order valence-corrected chi connectivity index (χ2v) is 18.7. The predicted octanol–water partition coefficient (Wildman–Crippen LogP) is 8.46. The number of aromatic nitrogens is 2. The SMILES string of the molecule is COC(=O)c1cc(CC(=O)CCC(=O)OCC(COC2C(O)C(CO)OC2n2ccc(=O)[nH]c2=O)OCCCC(F)(F)C(F)(F)C(F)(F)C(F)(F)C(F)(F)C(F)(F)C(F)(F)C(F)(F)F)ccc1-c1c2ccc(=O)cc-2oc2cc(C)ccc12. The number of halogens is 17. The van der Waals surface area contributed by atoms with Gasteiger partial charge in [0, 0.05) is 60.7 Å². The molecule has 0 spiro atoms. The number of H-pyrrole nitrogens is 1. The summed E-state index contributed by atoms with van der Waals surface area (Å²) in [6.07, 6.45) is -22.6. The van der Waals surface area contributed by atoms with E-state index in [4.69, 9.17) is 28.1 Å². The number of hydrogen-bond acceptors (Lipinski definition) is 14. The van der Waals surface area contributed by atoms with Crippen LogP contribution in [0.3, 0.4) is 0 Å². The Hall–Kier alpha value is -6.97. The van der Waals surface area contributed by atoms with Gasteiger partial charge in [0.2, 0.25) is 0 Å². The molecule has 5 atom stereocenters. The second kappa shape index (κ2) is 24.0. The van der Waals surface area contributed by atoms with Crippen LogP contribution in [0.5, 0.6) is 0 Å². The Balaban J connectivity index is 1.17. The van der Waals surface area contributed by atoms with Gasteiger partial charge in [-0.05, 0) is 54.3 Å². The second-order valence-electron chi connectivity index (χ2n) is 18.7. The minimum Gasteiger partial charge on any atom is -0.465 e. The molecule has 1 fully saturated rings. The number of aliphatic hydroxyl groups excluding tert-OH is 2. The number of fused-ring (bicyclic) bond motifs is 2. The van der Waals surface area contributed by atoms with Crippen LogP contribution in [0.15, 0.2) is 85.7 Å². The molecule has 33 heteroatoms. The van der Waals surface area contributed by atoms with Crippen molar-refractivity contribution in [1.29, 1.82) is 0 Å². The fourth-order valence-corrected chi connectivity index (χ4v) is 8.44. The van der Waals surface area contributed by atoms with E-state index in [2.05, 4.69) is 0 Å². The molecule has 2 aliphatic heterocycles. The molecule has 6 rings (SSSR count). The average molecular weight is 1220 g/mol. The smallest absolute Gasteiger partial charge is 0.460 e. The number of Topliss-reactive ketones (excluding diaryl/α,β-unsaturated/α-hetero) is 1. The molecule has 5 unspecified atom stereocenters. The van der Waals surface area contributed by atoms with Crippen molar-refractivity contribution in [2.45, 2.75) is 117 Å². The van der Waals surface area contributed by atoms with Gasteiger partial charge in [-0.25, -0.2) is 9.59 Å². The number of benzene rings is 3. The molecule has 3 aromatic rings. The van der Waals surface area contributed by atoms with Gasteiger partial charge >= 0.3 is 65.3 Å². The minimum atomic E-state index is -8.83. The van der Waals surface area contributed by atoms with Crippen LogP contribution in [-0.4, -0.2) is 143 Å². The van der Waals surface area contributed by atoms with Gasteiger partial charge in [-0.15, -0.1) is 0 Å². The summed E-state index contributed by atoms with van der Waals surface area (Å²) in [5, 5.41) is 21.1. The molecule has 3 aliphatic rings. The monoisotopic (exact) mass is 1220 g/mol. The van der Waals surface area contributed by atoms with Crippen molar-refractivity contribution in [3.05, 3.63) is 115 Å². The van der Waals surface area contributed by atoms with Crippen molar-refractivity contribution in [2.75, 3.05) is 33.5 Å². The summed E-state index contributed by atoms with van der Waals surface area (Å²) in [5.74, 6) is -60.5. The fraction of sp³-hybridized carbons (Fsp3) is 0.480. The summed E-state index contributed by atoms with van der Waals surface area (Å²) in [5.41, 5.74) is -0.0325. The molecule has 0 bridgehead atoms. The van der Waals surface area contributed by atoms with Crippen molar-refractivity contribution < 1.29 is 127 Å². The third-order valence-electron chi connectivity index (χ3n) is 12.9. The number of nitrogens with one attached hydrogen (secondary N) is 1. The highest BCUT2D eigenvalue weighted by Crippen LogP contribution is 2.64. The average Bonchev–Trinajstić information content (AvgIpc) is 2.15. The lowest BCUT2D eigenvalue weighted by atomic mass is 9.88. The quantitative estimate of drug-likeness (QED) is 0.0216.